The minimum atomic E-state index is -0.262. The van der Waals surface area contributed by atoms with Crippen LogP contribution in [0.5, 0.6) is 5.88 Å². The summed E-state index contributed by atoms with van der Waals surface area (Å²) in [6.45, 7) is 4.02. The Balaban J connectivity index is 1.67. The van der Waals surface area contributed by atoms with Crippen molar-refractivity contribution in [3.63, 3.8) is 0 Å². The van der Waals surface area contributed by atoms with Gasteiger partial charge in [-0.05, 0) is 31.5 Å². The van der Waals surface area contributed by atoms with Crippen molar-refractivity contribution < 1.29 is 14.3 Å². The number of rotatable bonds is 6. The standard InChI is InChI=1S/C20H20N6O3S/c1-10-14-19(29-4)22-13(9-28-3)23-20(14)30-16(10)18(27)24-17-11(2)15(25-26-17)12-5-7-21-8-6-12/h5-8H,9H2,1-4H3,(H2,24,25,26,27). The average molecular weight is 424 g/mol. The predicted octanol–water partition coefficient (Wildman–Crippen LogP) is 3.50. The van der Waals surface area contributed by atoms with Crippen LogP contribution < -0.4 is 10.1 Å². The van der Waals surface area contributed by atoms with E-state index in [0.29, 0.717) is 27.2 Å². The average Bonchev–Trinajstić information content (AvgIpc) is 3.28. The number of nitrogens with one attached hydrogen (secondary N) is 2. The van der Waals surface area contributed by atoms with Crippen LogP contribution in [0.15, 0.2) is 24.5 Å². The van der Waals surface area contributed by atoms with Crippen molar-refractivity contribution in [1.29, 1.82) is 0 Å². The summed E-state index contributed by atoms with van der Waals surface area (Å²) in [6.07, 6.45) is 3.42. The number of pyridine rings is 1. The molecule has 0 atom stereocenters. The molecule has 0 aliphatic rings. The van der Waals surface area contributed by atoms with Crippen LogP contribution in [0, 0.1) is 13.8 Å². The van der Waals surface area contributed by atoms with E-state index in [2.05, 4.69) is 30.5 Å². The lowest BCUT2D eigenvalue weighted by Gasteiger charge is -2.05. The molecule has 0 saturated heterocycles. The summed E-state index contributed by atoms with van der Waals surface area (Å²) in [6, 6.07) is 3.76. The van der Waals surface area contributed by atoms with Gasteiger partial charge in [-0.25, -0.2) is 4.98 Å². The fourth-order valence-corrected chi connectivity index (χ4v) is 4.27. The first kappa shape index (κ1) is 19.9. The molecule has 1 amide bonds. The maximum atomic E-state index is 13.0. The number of H-pyrrole nitrogens is 1. The molecule has 154 valence electrons. The maximum Gasteiger partial charge on any atom is 0.267 e. The van der Waals surface area contributed by atoms with Crippen LogP contribution >= 0.6 is 11.3 Å². The molecule has 0 saturated carbocycles. The van der Waals surface area contributed by atoms with Crippen molar-refractivity contribution in [2.24, 2.45) is 0 Å². The van der Waals surface area contributed by atoms with Crippen LogP contribution in [0.25, 0.3) is 21.5 Å². The van der Waals surface area contributed by atoms with Crippen molar-refractivity contribution in [1.82, 2.24) is 25.1 Å². The van der Waals surface area contributed by atoms with Crippen LogP contribution in [-0.2, 0) is 11.3 Å². The third-order valence-electron chi connectivity index (χ3n) is 4.69. The highest BCUT2D eigenvalue weighted by atomic mass is 32.1. The molecule has 0 bridgehead atoms. The number of nitrogens with zero attached hydrogens (tertiary/aromatic N) is 4. The highest BCUT2D eigenvalue weighted by Crippen LogP contribution is 2.35. The topological polar surface area (TPSA) is 115 Å². The highest BCUT2D eigenvalue weighted by molar-refractivity contribution is 7.20. The normalized spacial score (nSPS) is 11.1. The van der Waals surface area contributed by atoms with Crippen LogP contribution in [-0.4, -0.2) is 45.3 Å². The van der Waals surface area contributed by atoms with E-state index in [1.807, 2.05) is 26.0 Å². The van der Waals surface area contributed by atoms with Crippen LogP contribution in [0.4, 0.5) is 5.82 Å². The summed E-state index contributed by atoms with van der Waals surface area (Å²) in [7, 11) is 3.12. The van der Waals surface area contributed by atoms with Gasteiger partial charge >= 0.3 is 0 Å². The van der Waals surface area contributed by atoms with E-state index in [1.54, 1.807) is 26.6 Å². The largest absolute Gasteiger partial charge is 0.480 e. The summed E-state index contributed by atoms with van der Waals surface area (Å²) < 4.78 is 10.5. The molecule has 0 aromatic carbocycles. The van der Waals surface area contributed by atoms with Crippen LogP contribution in [0.2, 0.25) is 0 Å². The molecule has 0 radical (unpaired) electrons. The molecule has 30 heavy (non-hydrogen) atoms. The molecule has 4 heterocycles. The van der Waals surface area contributed by atoms with E-state index in [1.165, 1.54) is 11.3 Å². The van der Waals surface area contributed by atoms with Gasteiger partial charge < -0.3 is 14.8 Å². The number of carbonyl (C=O) groups excluding carboxylic acids is 1. The Kier molecular flexibility index (Phi) is 5.42. The molecule has 0 fully saturated rings. The minimum Gasteiger partial charge on any atom is -0.480 e. The number of anilines is 1. The quantitative estimate of drug-likeness (QED) is 0.487. The Morgan fingerprint density at radius 3 is 2.63 bits per heavy atom. The first-order valence-electron chi connectivity index (χ1n) is 9.13. The second kappa shape index (κ2) is 8.17. The number of aromatic amines is 1. The summed E-state index contributed by atoms with van der Waals surface area (Å²) in [5, 5.41) is 10.9. The van der Waals surface area contributed by atoms with Gasteiger partial charge in [0.15, 0.2) is 11.6 Å². The summed E-state index contributed by atoms with van der Waals surface area (Å²) in [5.41, 5.74) is 3.38. The number of aryl methyl sites for hydroxylation is 1. The lowest BCUT2D eigenvalue weighted by atomic mass is 10.1. The van der Waals surface area contributed by atoms with Gasteiger partial charge in [0, 0.05) is 30.6 Å². The predicted molar refractivity (Wildman–Crippen MR) is 114 cm³/mol. The van der Waals surface area contributed by atoms with Crippen LogP contribution in [0.1, 0.15) is 26.6 Å². The zero-order valence-electron chi connectivity index (χ0n) is 16.9. The van der Waals surface area contributed by atoms with E-state index in [-0.39, 0.29) is 12.5 Å². The van der Waals surface area contributed by atoms with Gasteiger partial charge in [0.05, 0.1) is 23.1 Å². The second-order valence-electron chi connectivity index (χ2n) is 6.58. The van der Waals surface area contributed by atoms with Crippen molar-refractivity contribution in [2.75, 3.05) is 19.5 Å². The van der Waals surface area contributed by atoms with Crippen molar-refractivity contribution in [2.45, 2.75) is 20.5 Å². The third-order valence-corrected chi connectivity index (χ3v) is 5.87. The molecule has 4 aromatic heterocycles. The number of fused-ring (bicyclic) bond motifs is 1. The van der Waals surface area contributed by atoms with Crippen molar-refractivity contribution in [3.8, 4) is 17.1 Å². The number of hydrogen-bond acceptors (Lipinski definition) is 8. The number of ether oxygens (including phenoxy) is 2. The number of thiophene rings is 1. The van der Waals surface area contributed by atoms with Gasteiger partial charge in [0.2, 0.25) is 5.88 Å². The van der Waals surface area contributed by atoms with E-state index in [9.17, 15) is 4.79 Å². The molecule has 10 heteroatoms. The fourth-order valence-electron chi connectivity index (χ4n) is 3.19. The van der Waals surface area contributed by atoms with Gasteiger partial charge in [-0.2, -0.15) is 10.1 Å². The van der Waals surface area contributed by atoms with Gasteiger partial charge in [-0.3, -0.25) is 14.9 Å². The first-order valence-corrected chi connectivity index (χ1v) is 9.94. The summed E-state index contributed by atoms with van der Waals surface area (Å²) >= 11 is 1.28. The van der Waals surface area contributed by atoms with E-state index in [4.69, 9.17) is 9.47 Å². The fraction of sp³-hybridized carbons (Fsp3) is 0.250. The monoisotopic (exact) mass is 424 g/mol. The molecule has 0 aliphatic heterocycles. The zero-order valence-corrected chi connectivity index (χ0v) is 17.8. The van der Waals surface area contributed by atoms with Gasteiger partial charge in [-0.1, -0.05) is 0 Å². The molecule has 4 aromatic rings. The zero-order chi connectivity index (χ0) is 21.3. The SMILES string of the molecule is COCc1nc(OC)c2c(C)c(C(=O)Nc3n[nH]c(-c4ccncc4)c3C)sc2n1. The van der Waals surface area contributed by atoms with Crippen molar-refractivity contribution >= 4 is 33.3 Å². The summed E-state index contributed by atoms with van der Waals surface area (Å²) in [4.78, 5) is 27.1. The van der Waals surface area contributed by atoms with Crippen LogP contribution in [0.3, 0.4) is 0 Å². The molecular formula is C20H20N6O3S. The van der Waals surface area contributed by atoms with Crippen molar-refractivity contribution in [3.05, 3.63) is 46.4 Å². The maximum absolute atomic E-state index is 13.0. The minimum absolute atomic E-state index is 0.259. The van der Waals surface area contributed by atoms with Gasteiger partial charge in [0.25, 0.3) is 5.91 Å². The van der Waals surface area contributed by atoms with E-state index >= 15 is 0 Å². The smallest absolute Gasteiger partial charge is 0.267 e. The second-order valence-corrected chi connectivity index (χ2v) is 7.58. The molecule has 4 rings (SSSR count). The molecule has 0 aliphatic carbocycles. The molecular weight excluding hydrogens is 404 g/mol. The Labute approximate surface area is 176 Å². The number of amides is 1. The van der Waals surface area contributed by atoms with E-state index in [0.717, 1.165) is 27.8 Å². The molecule has 2 N–H and O–H groups in total. The third kappa shape index (κ3) is 3.51. The van der Waals surface area contributed by atoms with Gasteiger partial charge in [-0.15, -0.1) is 11.3 Å². The number of carbonyl (C=O) groups is 1. The number of methoxy groups -OCH3 is 2. The highest BCUT2D eigenvalue weighted by Gasteiger charge is 2.22. The van der Waals surface area contributed by atoms with Gasteiger partial charge in [0.1, 0.15) is 11.4 Å². The molecule has 0 unspecified atom stereocenters. The Bertz CT molecular complexity index is 1220. The lowest BCUT2D eigenvalue weighted by molar-refractivity contribution is 0.102. The summed E-state index contributed by atoms with van der Waals surface area (Å²) in [5.74, 6) is 1.14. The Hall–Kier alpha value is -3.37. The lowest BCUT2D eigenvalue weighted by Crippen LogP contribution is -2.12. The number of aromatic nitrogens is 5. The Morgan fingerprint density at radius 1 is 1.17 bits per heavy atom. The molecule has 9 nitrogen and oxygen atoms in total. The number of hydrogen-bond donors (Lipinski definition) is 2. The molecule has 0 spiro atoms. The first-order chi connectivity index (χ1) is 14.5. The Morgan fingerprint density at radius 2 is 1.93 bits per heavy atom. The van der Waals surface area contributed by atoms with E-state index < -0.39 is 0 Å².